The monoisotopic (exact) mass is 296 g/mol. The molecule has 1 aliphatic rings. The minimum absolute atomic E-state index is 0.410. The topological polar surface area (TPSA) is 69.6 Å². The maximum absolute atomic E-state index is 12.2. The van der Waals surface area contributed by atoms with Gasteiger partial charge in [-0.25, -0.2) is 9.59 Å². The number of carbonyl (C=O) groups excluding carboxylic acids is 1. The van der Waals surface area contributed by atoms with Crippen molar-refractivity contribution in [1.82, 2.24) is 4.90 Å². The van der Waals surface area contributed by atoms with E-state index in [1.165, 1.54) is 4.90 Å². The van der Waals surface area contributed by atoms with Gasteiger partial charge in [-0.15, -0.1) is 0 Å². The summed E-state index contributed by atoms with van der Waals surface area (Å²) in [5.74, 6) is -0.980. The fraction of sp³-hybridized carbons (Fsp3) is 0.429. The van der Waals surface area contributed by atoms with Crippen molar-refractivity contribution >= 4 is 29.3 Å². The molecule has 0 spiro atoms. The highest BCUT2D eigenvalue weighted by atomic mass is 35.5. The van der Waals surface area contributed by atoms with Crippen LogP contribution in [0.15, 0.2) is 18.2 Å². The van der Waals surface area contributed by atoms with Crippen LogP contribution in [0.3, 0.4) is 0 Å². The number of nitrogens with one attached hydrogen (secondary N) is 1. The molecule has 1 aromatic carbocycles. The van der Waals surface area contributed by atoms with Gasteiger partial charge in [0.15, 0.2) is 0 Å². The van der Waals surface area contributed by atoms with E-state index < -0.39 is 17.5 Å². The molecule has 1 atom stereocenters. The molecule has 1 fully saturated rings. The van der Waals surface area contributed by atoms with Crippen LogP contribution in [0.2, 0.25) is 5.02 Å². The number of carboxylic acids is 1. The number of urea groups is 1. The zero-order valence-corrected chi connectivity index (χ0v) is 12.2. The third-order valence-corrected chi connectivity index (χ3v) is 4.18. The lowest BCUT2D eigenvalue weighted by Gasteiger charge is -2.31. The van der Waals surface area contributed by atoms with Gasteiger partial charge in [0.1, 0.15) is 5.54 Å². The van der Waals surface area contributed by atoms with Gasteiger partial charge in [-0.1, -0.05) is 17.7 Å². The van der Waals surface area contributed by atoms with Gasteiger partial charge in [-0.3, -0.25) is 0 Å². The molecule has 0 aromatic heterocycles. The molecule has 20 heavy (non-hydrogen) atoms. The summed E-state index contributed by atoms with van der Waals surface area (Å²) in [5, 5.41) is 12.6. The molecule has 1 aliphatic heterocycles. The number of aliphatic carboxylic acids is 1. The van der Waals surface area contributed by atoms with Gasteiger partial charge in [0.25, 0.3) is 0 Å². The summed E-state index contributed by atoms with van der Waals surface area (Å²) in [6.45, 7) is 3.88. The highest BCUT2D eigenvalue weighted by Gasteiger charge is 2.46. The quantitative estimate of drug-likeness (QED) is 0.881. The number of hydrogen-bond donors (Lipinski definition) is 2. The van der Waals surface area contributed by atoms with Gasteiger partial charge in [0, 0.05) is 17.3 Å². The zero-order chi connectivity index (χ0) is 14.9. The van der Waals surface area contributed by atoms with Gasteiger partial charge >= 0.3 is 12.0 Å². The molecule has 5 nitrogen and oxygen atoms in total. The maximum Gasteiger partial charge on any atom is 0.329 e. The van der Waals surface area contributed by atoms with Crippen molar-refractivity contribution < 1.29 is 14.7 Å². The Labute approximate surface area is 122 Å². The van der Waals surface area contributed by atoms with Crippen molar-refractivity contribution in [3.63, 3.8) is 0 Å². The van der Waals surface area contributed by atoms with E-state index in [0.717, 1.165) is 5.56 Å². The Morgan fingerprint density at radius 1 is 1.45 bits per heavy atom. The summed E-state index contributed by atoms with van der Waals surface area (Å²) < 4.78 is 0. The average Bonchev–Trinajstić information content (AvgIpc) is 2.77. The number of nitrogens with zero attached hydrogens (tertiary/aromatic N) is 1. The number of rotatable bonds is 2. The Kier molecular flexibility index (Phi) is 3.90. The normalized spacial score (nSPS) is 21.9. The lowest BCUT2D eigenvalue weighted by Crippen LogP contribution is -2.52. The first-order chi connectivity index (χ1) is 9.34. The largest absolute Gasteiger partial charge is 0.480 e. The van der Waals surface area contributed by atoms with Crippen LogP contribution in [-0.4, -0.2) is 34.1 Å². The number of benzene rings is 1. The second-order valence-electron chi connectivity index (χ2n) is 5.23. The molecule has 1 aromatic rings. The van der Waals surface area contributed by atoms with Gasteiger partial charge in [0.2, 0.25) is 0 Å². The zero-order valence-electron chi connectivity index (χ0n) is 11.4. The van der Waals surface area contributed by atoms with E-state index in [1.54, 1.807) is 25.1 Å². The Balaban J connectivity index is 2.15. The predicted molar refractivity (Wildman–Crippen MR) is 77.2 cm³/mol. The van der Waals surface area contributed by atoms with Crippen molar-refractivity contribution in [2.24, 2.45) is 0 Å². The fourth-order valence-corrected chi connectivity index (χ4v) is 2.55. The van der Waals surface area contributed by atoms with E-state index in [-0.39, 0.29) is 0 Å². The molecule has 0 bridgehead atoms. The molecule has 2 amide bonds. The number of halogens is 1. The summed E-state index contributed by atoms with van der Waals surface area (Å²) in [4.78, 5) is 25.0. The molecule has 1 saturated heterocycles. The molecule has 2 rings (SSSR count). The number of likely N-dealkylation sites (tertiary alicyclic amines) is 1. The first-order valence-electron chi connectivity index (χ1n) is 6.43. The molecule has 108 valence electrons. The predicted octanol–water partition coefficient (Wildman–Crippen LogP) is 3.12. The summed E-state index contributed by atoms with van der Waals surface area (Å²) in [6, 6.07) is 4.79. The van der Waals surface area contributed by atoms with Crippen LogP contribution >= 0.6 is 11.6 Å². The highest BCUT2D eigenvalue weighted by molar-refractivity contribution is 6.31. The minimum atomic E-state index is -1.14. The smallest absolute Gasteiger partial charge is 0.329 e. The summed E-state index contributed by atoms with van der Waals surface area (Å²) in [5.41, 5.74) is 0.338. The van der Waals surface area contributed by atoms with Crippen molar-refractivity contribution in [3.8, 4) is 0 Å². The van der Waals surface area contributed by atoms with Crippen molar-refractivity contribution in [3.05, 3.63) is 28.8 Å². The first kappa shape index (κ1) is 14.7. The van der Waals surface area contributed by atoms with Crippen molar-refractivity contribution in [1.29, 1.82) is 0 Å². The standard InChI is InChI=1S/C14H17ClN2O3/c1-9-4-5-10(8-11(9)15)16-13(20)17-7-3-6-14(17,2)12(18)19/h4-5,8H,3,6-7H2,1-2H3,(H,16,20)(H,18,19). The third kappa shape index (κ3) is 2.58. The van der Waals surface area contributed by atoms with Crippen molar-refractivity contribution in [2.75, 3.05) is 11.9 Å². The first-order valence-corrected chi connectivity index (χ1v) is 6.80. The van der Waals surface area contributed by atoms with Crippen molar-refractivity contribution in [2.45, 2.75) is 32.2 Å². The Morgan fingerprint density at radius 3 is 2.75 bits per heavy atom. The number of hydrogen-bond acceptors (Lipinski definition) is 2. The number of amides is 2. The Morgan fingerprint density at radius 2 is 2.15 bits per heavy atom. The lowest BCUT2D eigenvalue weighted by molar-refractivity contribution is -0.146. The maximum atomic E-state index is 12.2. The van der Waals surface area contributed by atoms with Gasteiger partial charge in [-0.05, 0) is 44.4 Å². The van der Waals surface area contributed by atoms with Crippen LogP contribution in [0, 0.1) is 6.92 Å². The van der Waals surface area contributed by atoms with E-state index in [9.17, 15) is 14.7 Å². The van der Waals surface area contributed by atoms with Crippen LogP contribution < -0.4 is 5.32 Å². The molecule has 1 heterocycles. The molecule has 0 aliphatic carbocycles. The van der Waals surface area contributed by atoms with E-state index in [1.807, 2.05) is 6.92 Å². The summed E-state index contributed by atoms with van der Waals surface area (Å²) >= 11 is 6.00. The average molecular weight is 297 g/mol. The van der Waals surface area contributed by atoms with E-state index >= 15 is 0 Å². The molecule has 0 radical (unpaired) electrons. The molecule has 0 saturated carbocycles. The molecule has 2 N–H and O–H groups in total. The Bertz CT molecular complexity index is 561. The second kappa shape index (κ2) is 5.32. The summed E-state index contributed by atoms with van der Waals surface area (Å²) in [7, 11) is 0. The molecule has 6 heteroatoms. The second-order valence-corrected chi connectivity index (χ2v) is 5.64. The third-order valence-electron chi connectivity index (χ3n) is 3.77. The van der Waals surface area contributed by atoms with Crippen LogP contribution in [0.5, 0.6) is 0 Å². The van der Waals surface area contributed by atoms with Gasteiger partial charge in [-0.2, -0.15) is 0 Å². The van der Waals surface area contributed by atoms with E-state index in [0.29, 0.717) is 30.1 Å². The number of aryl methyl sites for hydroxylation is 1. The summed E-state index contributed by atoms with van der Waals surface area (Å²) in [6.07, 6.45) is 1.15. The van der Waals surface area contributed by atoms with Gasteiger partial charge in [0.05, 0.1) is 0 Å². The Hall–Kier alpha value is -1.75. The van der Waals surface area contributed by atoms with E-state index in [2.05, 4.69) is 5.32 Å². The molecular formula is C14H17ClN2O3. The SMILES string of the molecule is Cc1ccc(NC(=O)N2CCCC2(C)C(=O)O)cc1Cl. The van der Waals surface area contributed by atoms with Crippen LogP contribution in [0.1, 0.15) is 25.3 Å². The van der Waals surface area contributed by atoms with Crippen LogP contribution in [0.25, 0.3) is 0 Å². The van der Waals surface area contributed by atoms with Crippen LogP contribution in [-0.2, 0) is 4.79 Å². The minimum Gasteiger partial charge on any atom is -0.480 e. The molecule has 1 unspecified atom stereocenters. The fourth-order valence-electron chi connectivity index (χ4n) is 2.37. The number of carbonyl (C=O) groups is 2. The van der Waals surface area contributed by atoms with E-state index in [4.69, 9.17) is 11.6 Å². The van der Waals surface area contributed by atoms with Crippen LogP contribution in [0.4, 0.5) is 10.5 Å². The lowest BCUT2D eigenvalue weighted by atomic mass is 10.00. The number of anilines is 1. The van der Waals surface area contributed by atoms with Gasteiger partial charge < -0.3 is 15.3 Å². The number of carboxylic acid groups (broad SMARTS) is 1. The highest BCUT2D eigenvalue weighted by Crippen LogP contribution is 2.30. The molecular weight excluding hydrogens is 280 g/mol.